The van der Waals surface area contributed by atoms with Crippen molar-refractivity contribution >= 4 is 23.2 Å². The van der Waals surface area contributed by atoms with Crippen molar-refractivity contribution < 1.29 is 32.2 Å². The molecule has 11 heteroatoms. The number of anilines is 2. The molecule has 1 amide bonds. The van der Waals surface area contributed by atoms with E-state index in [-0.39, 0.29) is 48.2 Å². The zero-order valence-electron chi connectivity index (χ0n) is 23.6. The Balaban J connectivity index is 1.02. The monoisotopic (exact) mass is 592 g/mol. The number of Topliss-reactive ketones (excluding diaryl/α,β-unsaturated/α-hetero) is 1. The highest BCUT2D eigenvalue weighted by molar-refractivity contribution is 5.93. The fourth-order valence-corrected chi connectivity index (χ4v) is 6.54. The second-order valence-corrected chi connectivity index (χ2v) is 11.8. The van der Waals surface area contributed by atoms with Gasteiger partial charge in [-0.3, -0.25) is 9.59 Å². The molecule has 224 valence electrons. The topological polar surface area (TPSA) is 84.0 Å². The van der Waals surface area contributed by atoms with Crippen molar-refractivity contribution in [1.29, 1.82) is 0 Å². The van der Waals surface area contributed by atoms with E-state index in [0.717, 1.165) is 22.9 Å². The Bertz CT molecular complexity index is 1600. The highest BCUT2D eigenvalue weighted by Crippen LogP contribution is 2.60. The first kappa shape index (κ1) is 27.7. The summed E-state index contributed by atoms with van der Waals surface area (Å²) in [6, 6.07) is 11.7. The number of rotatable bonds is 7. The number of hydrogen-bond donors (Lipinski definition) is 1. The van der Waals surface area contributed by atoms with Gasteiger partial charge in [0.05, 0.1) is 5.56 Å². The number of ketones is 1. The Morgan fingerprint density at radius 3 is 2.70 bits per heavy atom. The van der Waals surface area contributed by atoms with Gasteiger partial charge >= 0.3 is 6.18 Å². The number of carbonyl (C=O) groups is 2. The summed E-state index contributed by atoms with van der Waals surface area (Å²) in [6.07, 6.45) is -1.96. The molecule has 1 aromatic heterocycles. The van der Waals surface area contributed by atoms with Crippen LogP contribution in [0.3, 0.4) is 0 Å². The molecular formula is C32H31F3N4O4. The van der Waals surface area contributed by atoms with E-state index in [1.54, 1.807) is 23.2 Å². The van der Waals surface area contributed by atoms with E-state index >= 15 is 0 Å². The van der Waals surface area contributed by atoms with Gasteiger partial charge in [-0.15, -0.1) is 0 Å². The van der Waals surface area contributed by atoms with E-state index in [4.69, 9.17) is 9.47 Å². The van der Waals surface area contributed by atoms with Crippen molar-refractivity contribution in [2.24, 2.45) is 5.92 Å². The molecule has 4 heterocycles. The van der Waals surface area contributed by atoms with Crippen LogP contribution in [0, 0.1) is 5.92 Å². The average molecular weight is 593 g/mol. The van der Waals surface area contributed by atoms with E-state index in [1.165, 1.54) is 6.07 Å². The highest BCUT2D eigenvalue weighted by atomic mass is 19.4. The zero-order valence-corrected chi connectivity index (χ0v) is 23.6. The Morgan fingerprint density at radius 1 is 1.09 bits per heavy atom. The fraction of sp³-hybridized carbons (Fsp3) is 0.406. The molecule has 1 aliphatic carbocycles. The number of amides is 1. The summed E-state index contributed by atoms with van der Waals surface area (Å²) in [5.74, 6) is 2.34. The third-order valence-electron chi connectivity index (χ3n) is 8.88. The van der Waals surface area contributed by atoms with Crippen molar-refractivity contribution in [2.75, 3.05) is 43.4 Å². The number of aromatic nitrogens is 1. The van der Waals surface area contributed by atoms with Crippen LogP contribution in [0.2, 0.25) is 0 Å². The van der Waals surface area contributed by atoms with E-state index in [0.29, 0.717) is 61.9 Å². The maximum absolute atomic E-state index is 14.0. The summed E-state index contributed by atoms with van der Waals surface area (Å²) >= 11 is 0. The minimum Gasteiger partial charge on any atom is -0.489 e. The fourth-order valence-electron chi connectivity index (χ4n) is 6.54. The number of piperazine rings is 1. The van der Waals surface area contributed by atoms with Gasteiger partial charge in [-0.05, 0) is 55.4 Å². The number of halogens is 3. The number of fused-ring (bicyclic) bond motifs is 4. The molecule has 2 aromatic carbocycles. The van der Waals surface area contributed by atoms with Gasteiger partial charge in [0.1, 0.15) is 35.0 Å². The molecule has 0 spiro atoms. The molecule has 0 bridgehead atoms. The van der Waals surface area contributed by atoms with Crippen molar-refractivity contribution in [3.05, 3.63) is 70.9 Å². The number of hydrogen-bond acceptors (Lipinski definition) is 7. The first-order valence-electron chi connectivity index (χ1n) is 14.6. The third-order valence-corrected chi connectivity index (χ3v) is 8.88. The van der Waals surface area contributed by atoms with Crippen LogP contribution in [-0.2, 0) is 28.6 Å². The highest BCUT2D eigenvalue weighted by Gasteiger charge is 2.59. The Hall–Kier alpha value is -4.12. The van der Waals surface area contributed by atoms with Gasteiger partial charge in [0.25, 0.3) is 0 Å². The standard InChI is InChI=1S/C32H31F3N4O4/c1-38-10-12-39(13-11-38)25-5-2-18(15-24(25)32(33,34)35)14-19(40)16-23-29-22-17-20(3-6-26(22)43-30(23)29)42-27-8-9-36-31-21(27)4-7-28(41)37-31/h2-3,5-6,8-9,15,17,23,29-30H,4,7,10-14,16H2,1H3,(H,36,37,41)/t23?,29-,30+/m0/s1. The Kier molecular flexibility index (Phi) is 6.80. The smallest absolute Gasteiger partial charge is 0.418 e. The van der Waals surface area contributed by atoms with Crippen LogP contribution >= 0.6 is 0 Å². The molecule has 1 saturated heterocycles. The van der Waals surface area contributed by atoms with Gasteiger partial charge in [0, 0.05) is 80.3 Å². The second kappa shape index (κ2) is 10.6. The minimum atomic E-state index is -4.51. The SMILES string of the molecule is CN1CCN(c2ccc(CC(=O)CC3[C@H]4Oc5ccc(Oc6ccnc7c6CCC(=O)N7)cc5[C@@H]34)cc2C(F)(F)F)CC1. The van der Waals surface area contributed by atoms with Gasteiger partial charge in [0.2, 0.25) is 5.91 Å². The van der Waals surface area contributed by atoms with Crippen LogP contribution in [0.25, 0.3) is 0 Å². The molecule has 8 nitrogen and oxygen atoms in total. The van der Waals surface area contributed by atoms with Gasteiger partial charge < -0.3 is 24.6 Å². The number of likely N-dealkylation sites (N-methyl/N-ethyl adjacent to an activating group) is 1. The minimum absolute atomic E-state index is 0.0224. The van der Waals surface area contributed by atoms with Crippen molar-refractivity contribution in [3.8, 4) is 17.2 Å². The van der Waals surface area contributed by atoms with Crippen LogP contribution in [-0.4, -0.2) is 60.9 Å². The first-order valence-corrected chi connectivity index (χ1v) is 14.6. The largest absolute Gasteiger partial charge is 0.489 e. The zero-order chi connectivity index (χ0) is 29.9. The van der Waals surface area contributed by atoms with Crippen molar-refractivity contribution in [1.82, 2.24) is 9.88 Å². The van der Waals surface area contributed by atoms with Gasteiger partial charge in [-0.1, -0.05) is 6.07 Å². The lowest BCUT2D eigenvalue weighted by Crippen LogP contribution is -2.45. The summed E-state index contributed by atoms with van der Waals surface area (Å²) in [5.41, 5.74) is 1.67. The summed E-state index contributed by atoms with van der Waals surface area (Å²) in [4.78, 5) is 32.9. The van der Waals surface area contributed by atoms with Crippen LogP contribution in [0.1, 0.15) is 41.0 Å². The quantitative estimate of drug-likeness (QED) is 0.404. The molecule has 3 atom stereocenters. The summed E-state index contributed by atoms with van der Waals surface area (Å²) < 4.78 is 54.3. The molecular weight excluding hydrogens is 561 g/mol. The lowest BCUT2D eigenvalue weighted by molar-refractivity contribution is -0.137. The molecule has 3 aliphatic heterocycles. The number of alkyl halides is 3. The number of carbonyl (C=O) groups excluding carboxylic acids is 2. The molecule has 1 N–H and O–H groups in total. The molecule has 7 rings (SSSR count). The number of nitrogens with one attached hydrogen (secondary N) is 1. The molecule has 2 fully saturated rings. The molecule has 1 unspecified atom stereocenters. The van der Waals surface area contributed by atoms with E-state index in [2.05, 4.69) is 15.2 Å². The number of ether oxygens (including phenoxy) is 2. The van der Waals surface area contributed by atoms with Crippen LogP contribution < -0.4 is 19.7 Å². The van der Waals surface area contributed by atoms with Crippen LogP contribution in [0.15, 0.2) is 48.7 Å². The lowest BCUT2D eigenvalue weighted by Gasteiger charge is -2.35. The maximum atomic E-state index is 14.0. The van der Waals surface area contributed by atoms with Gasteiger partial charge in [0.15, 0.2) is 0 Å². The molecule has 4 aliphatic rings. The Morgan fingerprint density at radius 2 is 1.91 bits per heavy atom. The summed E-state index contributed by atoms with van der Waals surface area (Å²) in [6.45, 7) is 2.45. The van der Waals surface area contributed by atoms with Gasteiger partial charge in [-0.2, -0.15) is 13.2 Å². The van der Waals surface area contributed by atoms with Crippen molar-refractivity contribution in [3.63, 3.8) is 0 Å². The third kappa shape index (κ3) is 5.42. The second-order valence-electron chi connectivity index (χ2n) is 11.8. The first-order chi connectivity index (χ1) is 20.6. The normalized spacial score (nSPS) is 22.7. The van der Waals surface area contributed by atoms with Gasteiger partial charge in [-0.25, -0.2) is 4.98 Å². The average Bonchev–Trinajstić information content (AvgIpc) is 3.48. The number of benzene rings is 2. The number of nitrogens with zero attached hydrogens (tertiary/aromatic N) is 3. The summed E-state index contributed by atoms with van der Waals surface area (Å²) in [5, 5.41) is 2.77. The maximum Gasteiger partial charge on any atom is 0.418 e. The van der Waals surface area contributed by atoms with E-state index < -0.39 is 11.7 Å². The predicted molar refractivity (Wildman–Crippen MR) is 153 cm³/mol. The predicted octanol–water partition coefficient (Wildman–Crippen LogP) is 5.21. The van der Waals surface area contributed by atoms with Crippen LogP contribution in [0.4, 0.5) is 24.7 Å². The summed E-state index contributed by atoms with van der Waals surface area (Å²) in [7, 11) is 1.96. The molecule has 3 aromatic rings. The van der Waals surface area contributed by atoms with Crippen LogP contribution in [0.5, 0.6) is 17.2 Å². The van der Waals surface area contributed by atoms with Crippen molar-refractivity contribution in [2.45, 2.75) is 43.9 Å². The molecule has 43 heavy (non-hydrogen) atoms. The Labute approximate surface area is 246 Å². The molecule has 1 saturated carbocycles. The molecule has 0 radical (unpaired) electrons. The number of pyridine rings is 1. The van der Waals surface area contributed by atoms with E-state index in [1.807, 2.05) is 25.2 Å². The van der Waals surface area contributed by atoms with E-state index in [9.17, 15) is 22.8 Å². The lowest BCUT2D eigenvalue weighted by atomic mass is 9.99.